The van der Waals surface area contributed by atoms with Crippen molar-refractivity contribution in [2.75, 3.05) is 6.61 Å². The molecule has 3 unspecified atom stereocenters. The minimum Gasteiger partial charge on any atom is -0.462 e. The lowest BCUT2D eigenvalue weighted by molar-refractivity contribution is -0.151. The molecule has 0 aromatic carbocycles. The van der Waals surface area contributed by atoms with Crippen LogP contribution in [0.4, 0.5) is 0 Å². The minimum atomic E-state index is -0.802. The van der Waals surface area contributed by atoms with Gasteiger partial charge in [-0.1, -0.05) is 236 Å². The van der Waals surface area contributed by atoms with E-state index in [-0.39, 0.29) is 24.9 Å². The Bertz CT molecular complexity index is 988. The number of nitrogens with one attached hydrogen (secondary N) is 1. The summed E-state index contributed by atoms with van der Waals surface area (Å²) in [5.41, 5.74) is 0. The van der Waals surface area contributed by atoms with Gasteiger partial charge in [-0.3, -0.25) is 9.59 Å². The van der Waals surface area contributed by atoms with Gasteiger partial charge in [-0.25, -0.2) is 0 Å². The highest BCUT2D eigenvalue weighted by Gasteiger charge is 2.24. The Morgan fingerprint density at radius 3 is 1.40 bits per heavy atom. The Balaban J connectivity index is 4.59. The molecule has 57 heavy (non-hydrogen) atoms. The molecule has 0 rings (SSSR count). The Morgan fingerprint density at radius 2 is 0.947 bits per heavy atom. The van der Waals surface area contributed by atoms with E-state index in [0.717, 1.165) is 57.8 Å². The standard InChI is InChI=1S/C51H93NO5/c1-4-7-10-13-16-19-22-24-26-28-31-34-37-40-43-49(54)48(46-53)52-50(55)45-47(42-39-36-33-30-27-21-18-15-12-9-6-3)57-51(56)44-41-38-35-32-29-25-23-20-17-14-11-8-5-2/h9,12,15,18,21,27,30,33,47-49,53-54H,4-8,10-11,13-14,16-17,19-20,22-26,28-29,31-32,34-46H2,1-3H3,(H,52,55)/b12-9+,18-15+,27-21-,33-30-. The molecule has 6 nitrogen and oxygen atoms in total. The zero-order valence-corrected chi connectivity index (χ0v) is 37.7. The maximum Gasteiger partial charge on any atom is 0.306 e. The van der Waals surface area contributed by atoms with Gasteiger partial charge in [0.05, 0.1) is 25.2 Å². The molecule has 0 fully saturated rings. The zero-order chi connectivity index (χ0) is 41.7. The summed E-state index contributed by atoms with van der Waals surface area (Å²) in [6.45, 7) is 6.32. The van der Waals surface area contributed by atoms with Crippen LogP contribution in [0.3, 0.4) is 0 Å². The number of unbranched alkanes of at least 4 members (excludes halogenated alkanes) is 26. The van der Waals surface area contributed by atoms with Crippen molar-refractivity contribution in [1.82, 2.24) is 5.32 Å². The van der Waals surface area contributed by atoms with Gasteiger partial charge in [-0.15, -0.1) is 0 Å². The van der Waals surface area contributed by atoms with Crippen LogP contribution in [0.1, 0.15) is 239 Å². The highest BCUT2D eigenvalue weighted by molar-refractivity contribution is 5.77. The van der Waals surface area contributed by atoms with Crippen LogP contribution < -0.4 is 5.32 Å². The Hall–Kier alpha value is -2.18. The molecule has 0 heterocycles. The third-order valence-electron chi connectivity index (χ3n) is 11.0. The molecule has 0 aliphatic rings. The van der Waals surface area contributed by atoms with Crippen LogP contribution in [0.5, 0.6) is 0 Å². The molecule has 0 aromatic rings. The number of rotatable bonds is 43. The number of aliphatic hydroxyl groups excluding tert-OH is 2. The van der Waals surface area contributed by atoms with Gasteiger partial charge in [0.1, 0.15) is 6.10 Å². The van der Waals surface area contributed by atoms with E-state index in [1.807, 2.05) is 36.5 Å². The predicted molar refractivity (Wildman–Crippen MR) is 245 cm³/mol. The lowest BCUT2D eigenvalue weighted by atomic mass is 10.0. The van der Waals surface area contributed by atoms with E-state index in [9.17, 15) is 19.8 Å². The average molecular weight is 800 g/mol. The Labute approximate surface area is 353 Å². The molecule has 0 saturated heterocycles. The summed E-state index contributed by atoms with van der Waals surface area (Å²) in [5, 5.41) is 23.7. The Morgan fingerprint density at radius 1 is 0.526 bits per heavy atom. The third-order valence-corrected chi connectivity index (χ3v) is 11.0. The highest BCUT2D eigenvalue weighted by Crippen LogP contribution is 2.17. The fourth-order valence-electron chi connectivity index (χ4n) is 7.33. The highest BCUT2D eigenvalue weighted by atomic mass is 16.5. The van der Waals surface area contributed by atoms with Crippen LogP contribution in [0, 0.1) is 0 Å². The molecule has 0 aliphatic carbocycles. The van der Waals surface area contributed by atoms with Gasteiger partial charge >= 0.3 is 5.97 Å². The second-order valence-electron chi connectivity index (χ2n) is 16.6. The number of carbonyl (C=O) groups is 2. The maximum absolute atomic E-state index is 13.1. The van der Waals surface area contributed by atoms with E-state index in [0.29, 0.717) is 19.3 Å². The molecule has 0 saturated carbocycles. The molecular formula is C51H93NO5. The summed E-state index contributed by atoms with van der Waals surface area (Å²) < 4.78 is 5.87. The van der Waals surface area contributed by atoms with Crippen LogP contribution in [0.2, 0.25) is 0 Å². The molecule has 0 radical (unpaired) electrons. The van der Waals surface area contributed by atoms with Crippen LogP contribution in [-0.4, -0.2) is 46.9 Å². The van der Waals surface area contributed by atoms with Gasteiger partial charge in [0.2, 0.25) is 5.91 Å². The van der Waals surface area contributed by atoms with Gasteiger partial charge in [-0.2, -0.15) is 0 Å². The average Bonchev–Trinajstić information content (AvgIpc) is 3.20. The number of esters is 1. The second-order valence-corrected chi connectivity index (χ2v) is 16.6. The number of hydrogen-bond acceptors (Lipinski definition) is 5. The smallest absolute Gasteiger partial charge is 0.306 e. The van der Waals surface area contributed by atoms with E-state index >= 15 is 0 Å². The van der Waals surface area contributed by atoms with E-state index < -0.39 is 18.2 Å². The summed E-state index contributed by atoms with van der Waals surface area (Å²) in [6.07, 6.45) is 53.2. The first-order chi connectivity index (χ1) is 28.0. The normalized spacial score (nSPS) is 13.7. The van der Waals surface area contributed by atoms with Gasteiger partial charge in [0, 0.05) is 6.42 Å². The molecule has 3 atom stereocenters. The first kappa shape index (κ1) is 54.8. The van der Waals surface area contributed by atoms with Crippen molar-refractivity contribution in [2.24, 2.45) is 0 Å². The van der Waals surface area contributed by atoms with E-state index in [2.05, 4.69) is 38.2 Å². The summed E-state index contributed by atoms with van der Waals surface area (Å²) in [6, 6.07) is -0.720. The fourth-order valence-corrected chi connectivity index (χ4v) is 7.33. The van der Waals surface area contributed by atoms with Crippen molar-refractivity contribution < 1.29 is 24.5 Å². The molecule has 332 valence electrons. The molecular weight excluding hydrogens is 707 g/mol. The molecule has 0 spiro atoms. The van der Waals surface area contributed by atoms with Crippen molar-refractivity contribution in [1.29, 1.82) is 0 Å². The summed E-state index contributed by atoms with van der Waals surface area (Å²) in [5.74, 6) is -0.537. The summed E-state index contributed by atoms with van der Waals surface area (Å²) in [4.78, 5) is 26.0. The largest absolute Gasteiger partial charge is 0.462 e. The molecule has 0 bridgehead atoms. The van der Waals surface area contributed by atoms with Crippen molar-refractivity contribution in [3.8, 4) is 0 Å². The number of hydrogen-bond donors (Lipinski definition) is 3. The fraction of sp³-hybridized carbons (Fsp3) is 0.804. The number of carbonyl (C=O) groups excluding carboxylic acids is 2. The lowest BCUT2D eigenvalue weighted by Gasteiger charge is -2.24. The predicted octanol–water partition coefficient (Wildman–Crippen LogP) is 14.3. The van der Waals surface area contributed by atoms with Crippen LogP contribution in [-0.2, 0) is 14.3 Å². The minimum absolute atomic E-state index is 0.0338. The third kappa shape index (κ3) is 40.4. The second kappa shape index (κ2) is 44.9. The molecule has 6 heteroatoms. The van der Waals surface area contributed by atoms with Gasteiger partial charge in [0.15, 0.2) is 0 Å². The molecule has 0 aliphatic heterocycles. The van der Waals surface area contributed by atoms with Crippen LogP contribution >= 0.6 is 0 Å². The lowest BCUT2D eigenvalue weighted by Crippen LogP contribution is -2.46. The topological polar surface area (TPSA) is 95.9 Å². The van der Waals surface area contributed by atoms with Gasteiger partial charge in [0.25, 0.3) is 0 Å². The van der Waals surface area contributed by atoms with Crippen molar-refractivity contribution in [3.63, 3.8) is 0 Å². The monoisotopic (exact) mass is 800 g/mol. The van der Waals surface area contributed by atoms with Crippen molar-refractivity contribution in [2.45, 2.75) is 257 Å². The van der Waals surface area contributed by atoms with Crippen molar-refractivity contribution >= 4 is 11.9 Å². The summed E-state index contributed by atoms with van der Waals surface area (Å²) >= 11 is 0. The van der Waals surface area contributed by atoms with Gasteiger partial charge in [-0.05, 0) is 38.5 Å². The van der Waals surface area contributed by atoms with Crippen molar-refractivity contribution in [3.05, 3.63) is 48.6 Å². The van der Waals surface area contributed by atoms with E-state index in [4.69, 9.17) is 4.74 Å². The SMILES string of the molecule is CC/C=C/C=C/C=C\C=C/CCCC(CC(=O)NC(CO)C(O)CCCCCCCCCCCCCCCC)OC(=O)CCCCCCCCCCCCCCC. The van der Waals surface area contributed by atoms with E-state index in [1.54, 1.807) is 0 Å². The molecule has 1 amide bonds. The summed E-state index contributed by atoms with van der Waals surface area (Å²) in [7, 11) is 0. The number of allylic oxidation sites excluding steroid dienone is 8. The van der Waals surface area contributed by atoms with E-state index in [1.165, 1.54) is 135 Å². The number of amides is 1. The quantitative estimate of drug-likeness (QED) is 0.0324. The Kier molecular flexibility index (Phi) is 43.2. The number of aliphatic hydroxyl groups is 2. The van der Waals surface area contributed by atoms with Crippen LogP contribution in [0.25, 0.3) is 0 Å². The molecule has 3 N–H and O–H groups in total. The first-order valence-corrected chi connectivity index (χ1v) is 24.4. The van der Waals surface area contributed by atoms with Crippen LogP contribution in [0.15, 0.2) is 48.6 Å². The molecule has 0 aromatic heterocycles. The first-order valence-electron chi connectivity index (χ1n) is 24.4. The zero-order valence-electron chi connectivity index (χ0n) is 37.7. The number of ether oxygens (including phenoxy) is 1. The van der Waals surface area contributed by atoms with Gasteiger partial charge < -0.3 is 20.3 Å². The maximum atomic E-state index is 13.1.